The van der Waals surface area contributed by atoms with Gasteiger partial charge in [0.2, 0.25) is 5.89 Å². The van der Waals surface area contributed by atoms with Crippen molar-refractivity contribution in [3.63, 3.8) is 0 Å². The molecule has 2 aromatic rings. The molecule has 3 atom stereocenters. The second-order valence-electron chi connectivity index (χ2n) is 5.94. The van der Waals surface area contributed by atoms with Crippen LogP contribution < -0.4 is 0 Å². The van der Waals surface area contributed by atoms with Crippen LogP contribution in [0.5, 0.6) is 0 Å². The molecule has 1 aliphatic heterocycles. The maximum Gasteiger partial charge on any atom is 0.267 e. The number of hydrogen-bond donors (Lipinski definition) is 0. The van der Waals surface area contributed by atoms with Gasteiger partial charge in [0.25, 0.3) is 5.89 Å². The van der Waals surface area contributed by atoms with Crippen LogP contribution in [0.1, 0.15) is 25.7 Å². The highest BCUT2D eigenvalue weighted by molar-refractivity contribution is 5.43. The van der Waals surface area contributed by atoms with Crippen LogP contribution in [0.25, 0.3) is 11.6 Å². The quantitative estimate of drug-likeness (QED) is 0.844. The molecular formula is C14H17N5O. The molecule has 2 aromatic heterocycles. The molecule has 0 radical (unpaired) electrons. The van der Waals surface area contributed by atoms with E-state index in [1.54, 1.807) is 18.6 Å². The van der Waals surface area contributed by atoms with Crippen molar-refractivity contribution in [2.75, 3.05) is 13.1 Å². The summed E-state index contributed by atoms with van der Waals surface area (Å²) >= 11 is 0. The number of hydrogen-bond acceptors (Lipinski definition) is 6. The highest BCUT2D eigenvalue weighted by atomic mass is 16.4. The topological polar surface area (TPSA) is 67.9 Å². The third-order valence-electron chi connectivity index (χ3n) is 4.46. The Morgan fingerprint density at radius 1 is 1.20 bits per heavy atom. The van der Waals surface area contributed by atoms with Crippen LogP contribution in [0.2, 0.25) is 0 Å². The molecule has 2 aliphatic rings. The second kappa shape index (κ2) is 4.34. The minimum absolute atomic E-state index is 0.447. The standard InChI is InChI=1S/C14H17N5O/c1-8(2)19-6-9-10(7-19)12(9)14-18-17-13(20-14)11-5-15-3-4-16-11/h3-5,8-10,12H,6-7H2,1-2H3/t9-,10+,12?. The van der Waals surface area contributed by atoms with Crippen LogP contribution in [0.3, 0.4) is 0 Å². The van der Waals surface area contributed by atoms with E-state index in [0.717, 1.165) is 19.0 Å². The Bertz CT molecular complexity index is 599. The number of fused-ring (bicyclic) bond motifs is 1. The lowest BCUT2D eigenvalue weighted by molar-refractivity contribution is 0.238. The Hall–Kier alpha value is -1.82. The molecule has 0 spiro atoms. The van der Waals surface area contributed by atoms with Crippen LogP contribution in [-0.4, -0.2) is 44.2 Å². The molecule has 1 aliphatic carbocycles. The minimum atomic E-state index is 0.447. The van der Waals surface area contributed by atoms with Gasteiger partial charge in [0.1, 0.15) is 5.69 Å². The summed E-state index contributed by atoms with van der Waals surface area (Å²) in [4.78, 5) is 10.7. The highest BCUT2D eigenvalue weighted by Crippen LogP contribution is 2.58. The number of nitrogens with zero attached hydrogens (tertiary/aromatic N) is 5. The van der Waals surface area contributed by atoms with Crippen molar-refractivity contribution in [2.24, 2.45) is 11.8 Å². The first-order chi connectivity index (χ1) is 9.74. The van der Waals surface area contributed by atoms with Crippen molar-refractivity contribution < 1.29 is 4.42 Å². The van der Waals surface area contributed by atoms with Crippen LogP contribution >= 0.6 is 0 Å². The van der Waals surface area contributed by atoms with Crippen molar-refractivity contribution in [3.05, 3.63) is 24.5 Å². The SMILES string of the molecule is CC(C)N1C[C@@H]2C(c3nnc(-c4cnccn4)o3)[C@@H]2C1. The van der Waals surface area contributed by atoms with E-state index in [2.05, 4.69) is 38.9 Å². The zero-order valence-electron chi connectivity index (χ0n) is 11.6. The predicted octanol–water partition coefficient (Wildman–Crippen LogP) is 1.58. The lowest BCUT2D eigenvalue weighted by Gasteiger charge is -2.22. The zero-order valence-corrected chi connectivity index (χ0v) is 11.6. The molecule has 1 saturated heterocycles. The molecule has 6 heteroatoms. The summed E-state index contributed by atoms with van der Waals surface area (Å²) in [5, 5.41) is 8.30. The molecule has 0 amide bonds. The van der Waals surface area contributed by atoms with E-state index in [1.165, 1.54) is 0 Å². The lowest BCUT2D eigenvalue weighted by Crippen LogP contribution is -2.31. The van der Waals surface area contributed by atoms with E-state index < -0.39 is 0 Å². The summed E-state index contributed by atoms with van der Waals surface area (Å²) in [5.41, 5.74) is 0.640. The summed E-state index contributed by atoms with van der Waals surface area (Å²) in [5.74, 6) is 3.06. The van der Waals surface area contributed by atoms with Crippen LogP contribution in [0.15, 0.2) is 23.0 Å². The molecule has 2 fully saturated rings. The second-order valence-corrected chi connectivity index (χ2v) is 5.94. The average Bonchev–Trinajstić information content (AvgIpc) is 2.89. The largest absolute Gasteiger partial charge is 0.419 e. The maximum absolute atomic E-state index is 5.78. The van der Waals surface area contributed by atoms with Gasteiger partial charge in [-0.15, -0.1) is 10.2 Å². The van der Waals surface area contributed by atoms with Crippen molar-refractivity contribution in [1.29, 1.82) is 0 Å². The fraction of sp³-hybridized carbons (Fsp3) is 0.571. The molecular weight excluding hydrogens is 254 g/mol. The van der Waals surface area contributed by atoms with Gasteiger partial charge in [-0.25, -0.2) is 4.98 Å². The van der Waals surface area contributed by atoms with Gasteiger partial charge in [-0.05, 0) is 25.7 Å². The van der Waals surface area contributed by atoms with E-state index >= 15 is 0 Å². The molecule has 104 valence electrons. The summed E-state index contributed by atoms with van der Waals surface area (Å²) < 4.78 is 5.78. The Labute approximate surface area is 117 Å². The molecule has 1 unspecified atom stereocenters. The molecule has 1 saturated carbocycles. The van der Waals surface area contributed by atoms with Gasteiger partial charge in [0.05, 0.1) is 6.20 Å². The first kappa shape index (κ1) is 12.0. The molecule has 0 bridgehead atoms. The van der Waals surface area contributed by atoms with Crippen molar-refractivity contribution in [2.45, 2.75) is 25.8 Å². The molecule has 4 rings (SSSR count). The fourth-order valence-electron chi connectivity index (χ4n) is 3.23. The first-order valence-electron chi connectivity index (χ1n) is 7.08. The van der Waals surface area contributed by atoms with Crippen molar-refractivity contribution in [1.82, 2.24) is 25.1 Å². The third kappa shape index (κ3) is 1.83. The van der Waals surface area contributed by atoms with E-state index in [9.17, 15) is 0 Å². The summed E-state index contributed by atoms with van der Waals surface area (Å²) in [6.07, 6.45) is 4.91. The Morgan fingerprint density at radius 2 is 2.00 bits per heavy atom. The molecule has 20 heavy (non-hydrogen) atoms. The number of piperidine rings is 1. The van der Waals surface area contributed by atoms with Crippen molar-refractivity contribution >= 4 is 0 Å². The maximum atomic E-state index is 5.78. The fourth-order valence-corrected chi connectivity index (χ4v) is 3.23. The number of likely N-dealkylation sites (tertiary alicyclic amines) is 1. The molecule has 3 heterocycles. The van der Waals surface area contributed by atoms with Gasteiger partial charge >= 0.3 is 0 Å². The smallest absolute Gasteiger partial charge is 0.267 e. The van der Waals surface area contributed by atoms with Gasteiger partial charge in [-0.2, -0.15) is 0 Å². The lowest BCUT2D eigenvalue weighted by atomic mass is 10.2. The van der Waals surface area contributed by atoms with Gasteiger partial charge in [0.15, 0.2) is 0 Å². The van der Waals surface area contributed by atoms with E-state index in [0.29, 0.717) is 35.4 Å². The van der Waals surface area contributed by atoms with Crippen molar-refractivity contribution in [3.8, 4) is 11.6 Å². The van der Waals surface area contributed by atoms with Crippen LogP contribution in [0, 0.1) is 11.8 Å². The van der Waals surface area contributed by atoms with Crippen LogP contribution in [-0.2, 0) is 0 Å². The van der Waals surface area contributed by atoms with Crippen LogP contribution in [0.4, 0.5) is 0 Å². The highest BCUT2D eigenvalue weighted by Gasteiger charge is 2.59. The summed E-state index contributed by atoms with van der Waals surface area (Å²) in [7, 11) is 0. The monoisotopic (exact) mass is 271 g/mol. The molecule has 0 N–H and O–H groups in total. The van der Waals surface area contributed by atoms with Gasteiger partial charge in [0, 0.05) is 37.4 Å². The Morgan fingerprint density at radius 3 is 2.65 bits per heavy atom. The minimum Gasteiger partial charge on any atom is -0.419 e. The van der Waals surface area contributed by atoms with Gasteiger partial charge in [-0.1, -0.05) is 0 Å². The van der Waals surface area contributed by atoms with E-state index in [4.69, 9.17) is 4.42 Å². The molecule has 6 nitrogen and oxygen atoms in total. The van der Waals surface area contributed by atoms with E-state index in [-0.39, 0.29) is 0 Å². The molecule has 0 aromatic carbocycles. The predicted molar refractivity (Wildman–Crippen MR) is 71.8 cm³/mol. The third-order valence-corrected chi connectivity index (χ3v) is 4.46. The number of aromatic nitrogens is 4. The Kier molecular flexibility index (Phi) is 2.60. The Balaban J connectivity index is 1.49. The van der Waals surface area contributed by atoms with Gasteiger partial charge < -0.3 is 9.32 Å². The first-order valence-corrected chi connectivity index (χ1v) is 7.08. The van der Waals surface area contributed by atoms with Gasteiger partial charge in [-0.3, -0.25) is 4.98 Å². The summed E-state index contributed by atoms with van der Waals surface area (Å²) in [6, 6.07) is 0.626. The number of rotatable bonds is 3. The van der Waals surface area contributed by atoms with E-state index in [1.807, 2.05) is 0 Å². The average molecular weight is 271 g/mol. The zero-order chi connectivity index (χ0) is 13.7. The summed E-state index contributed by atoms with van der Waals surface area (Å²) in [6.45, 7) is 6.79. The normalized spacial score (nSPS) is 28.9.